The van der Waals surface area contributed by atoms with Crippen LogP contribution in [-0.2, 0) is 6.54 Å². The molecule has 1 amide bonds. The maximum absolute atomic E-state index is 13.3. The Morgan fingerprint density at radius 3 is 2.83 bits per heavy atom. The van der Waals surface area contributed by atoms with Crippen molar-refractivity contribution in [2.24, 2.45) is 5.73 Å². The Morgan fingerprint density at radius 2 is 2.07 bits per heavy atom. The van der Waals surface area contributed by atoms with Crippen molar-refractivity contribution in [3.8, 4) is 12.0 Å². The molecule has 0 fully saturated rings. The predicted molar refractivity (Wildman–Crippen MR) is 103 cm³/mol. The van der Waals surface area contributed by atoms with Gasteiger partial charge >= 0.3 is 6.01 Å². The highest BCUT2D eigenvalue weighted by Crippen LogP contribution is 2.26. The van der Waals surface area contributed by atoms with E-state index in [1.807, 2.05) is 0 Å². The van der Waals surface area contributed by atoms with Crippen LogP contribution in [0.4, 0.5) is 10.2 Å². The standard InChI is InChI=1S/C19H16FN7O2/c1-29-19-25-16-13(17(21)28)6-3-7-14(16)27(19)18-24-15(10-23-26-18)22-9-11-4-2-5-12(20)8-11/h2-8,10H,9H2,1H3,(H2,21,28)(H,22,24,26). The molecule has 4 aromatic rings. The van der Waals surface area contributed by atoms with Crippen LogP contribution in [0.3, 0.4) is 0 Å². The van der Waals surface area contributed by atoms with Crippen molar-refractivity contribution >= 4 is 22.8 Å². The number of hydrogen-bond acceptors (Lipinski definition) is 7. The first kappa shape index (κ1) is 18.3. The molecule has 0 radical (unpaired) electrons. The molecule has 9 nitrogen and oxygen atoms in total. The lowest BCUT2D eigenvalue weighted by atomic mass is 10.2. The molecule has 0 spiro atoms. The third kappa shape index (κ3) is 3.55. The Labute approximate surface area is 164 Å². The molecule has 10 heteroatoms. The van der Waals surface area contributed by atoms with Gasteiger partial charge in [0.05, 0.1) is 24.4 Å². The number of hydrogen-bond donors (Lipinski definition) is 2. The maximum Gasteiger partial charge on any atom is 0.304 e. The van der Waals surface area contributed by atoms with Gasteiger partial charge < -0.3 is 15.8 Å². The second kappa shape index (κ2) is 7.50. The van der Waals surface area contributed by atoms with Crippen LogP contribution in [0.25, 0.3) is 17.0 Å². The molecule has 2 aromatic carbocycles. The van der Waals surface area contributed by atoms with Crippen molar-refractivity contribution in [3.63, 3.8) is 0 Å². The van der Waals surface area contributed by atoms with Crippen LogP contribution in [0.2, 0.25) is 0 Å². The normalized spacial score (nSPS) is 10.8. The zero-order valence-electron chi connectivity index (χ0n) is 15.3. The Balaban J connectivity index is 1.72. The summed E-state index contributed by atoms with van der Waals surface area (Å²) < 4.78 is 20.2. The molecular weight excluding hydrogens is 377 g/mol. The number of nitrogens with two attached hydrogens (primary N) is 1. The number of primary amides is 1. The number of nitrogens with one attached hydrogen (secondary N) is 1. The van der Waals surface area contributed by atoms with E-state index in [-0.39, 0.29) is 23.3 Å². The Hall–Kier alpha value is -4.08. The minimum absolute atomic E-state index is 0.179. The van der Waals surface area contributed by atoms with Gasteiger partial charge in [0, 0.05) is 6.54 Å². The van der Waals surface area contributed by atoms with Crippen LogP contribution in [0.1, 0.15) is 15.9 Å². The van der Waals surface area contributed by atoms with Gasteiger partial charge in [0.1, 0.15) is 11.3 Å². The lowest BCUT2D eigenvalue weighted by Crippen LogP contribution is -2.11. The summed E-state index contributed by atoms with van der Waals surface area (Å²) in [6.45, 7) is 0.351. The number of amides is 1. The number of imidazole rings is 1. The molecule has 2 aromatic heterocycles. The van der Waals surface area contributed by atoms with Crippen LogP contribution >= 0.6 is 0 Å². The predicted octanol–water partition coefficient (Wildman–Crippen LogP) is 2.07. The fourth-order valence-corrected chi connectivity index (χ4v) is 2.92. The number of aromatic nitrogens is 5. The second-order valence-electron chi connectivity index (χ2n) is 6.10. The van der Waals surface area contributed by atoms with Gasteiger partial charge in [0.25, 0.3) is 11.9 Å². The van der Waals surface area contributed by atoms with Gasteiger partial charge in [-0.1, -0.05) is 18.2 Å². The number of rotatable bonds is 6. The summed E-state index contributed by atoms with van der Waals surface area (Å²) >= 11 is 0. The molecule has 0 aliphatic heterocycles. The molecule has 2 heterocycles. The highest BCUT2D eigenvalue weighted by atomic mass is 19.1. The molecule has 0 saturated carbocycles. The van der Waals surface area contributed by atoms with E-state index in [1.165, 1.54) is 30.0 Å². The Bertz CT molecular complexity index is 1210. The topological polar surface area (TPSA) is 121 Å². The van der Waals surface area contributed by atoms with E-state index in [4.69, 9.17) is 10.5 Å². The van der Waals surface area contributed by atoms with Gasteiger partial charge in [-0.2, -0.15) is 15.1 Å². The first-order valence-corrected chi connectivity index (χ1v) is 8.60. The van der Waals surface area contributed by atoms with E-state index in [0.717, 1.165) is 5.56 Å². The Morgan fingerprint density at radius 1 is 1.24 bits per heavy atom. The molecule has 0 aliphatic carbocycles. The van der Waals surface area contributed by atoms with Crippen LogP contribution in [-0.4, -0.2) is 37.7 Å². The number of fused-ring (bicyclic) bond motifs is 1. The number of carbonyl (C=O) groups excluding carboxylic acids is 1. The van der Waals surface area contributed by atoms with Gasteiger partial charge in [0.2, 0.25) is 0 Å². The van der Waals surface area contributed by atoms with E-state index in [1.54, 1.807) is 30.3 Å². The number of nitrogens with zero attached hydrogens (tertiary/aromatic N) is 5. The smallest absolute Gasteiger partial charge is 0.304 e. The molecule has 0 atom stereocenters. The number of methoxy groups -OCH3 is 1. The third-order valence-corrected chi connectivity index (χ3v) is 4.21. The van der Waals surface area contributed by atoms with Crippen LogP contribution in [0, 0.1) is 5.82 Å². The van der Waals surface area contributed by atoms with Gasteiger partial charge in [-0.25, -0.2) is 8.96 Å². The fraction of sp³-hybridized carbons (Fsp3) is 0.105. The minimum Gasteiger partial charge on any atom is -0.468 e. The van der Waals surface area contributed by atoms with Crippen molar-refractivity contribution in [3.05, 3.63) is 65.6 Å². The number of carbonyl (C=O) groups is 1. The van der Waals surface area contributed by atoms with Gasteiger partial charge in [-0.05, 0) is 29.8 Å². The van der Waals surface area contributed by atoms with Gasteiger partial charge in [-0.15, -0.1) is 5.10 Å². The van der Waals surface area contributed by atoms with Crippen LogP contribution in [0.15, 0.2) is 48.7 Å². The summed E-state index contributed by atoms with van der Waals surface area (Å²) in [6.07, 6.45) is 1.45. The van der Waals surface area contributed by atoms with E-state index < -0.39 is 5.91 Å². The summed E-state index contributed by atoms with van der Waals surface area (Å²) in [6, 6.07) is 11.4. The minimum atomic E-state index is -0.604. The van der Waals surface area contributed by atoms with Gasteiger partial charge in [0.15, 0.2) is 5.82 Å². The maximum atomic E-state index is 13.3. The first-order chi connectivity index (χ1) is 14.1. The highest BCUT2D eigenvalue weighted by Gasteiger charge is 2.19. The lowest BCUT2D eigenvalue weighted by molar-refractivity contribution is 0.100. The second-order valence-corrected chi connectivity index (χ2v) is 6.10. The quantitative estimate of drug-likeness (QED) is 0.514. The SMILES string of the molecule is COc1nc2c(C(N)=O)cccc2n1-c1nncc(NCc2cccc(F)c2)n1. The molecule has 0 bridgehead atoms. The number of para-hydroxylation sites is 1. The van der Waals surface area contributed by atoms with Crippen molar-refractivity contribution < 1.29 is 13.9 Å². The van der Waals surface area contributed by atoms with Gasteiger partial charge in [-0.3, -0.25) is 4.79 Å². The van der Waals surface area contributed by atoms with Crippen LogP contribution < -0.4 is 15.8 Å². The molecule has 0 unspecified atom stereocenters. The summed E-state index contributed by atoms with van der Waals surface area (Å²) in [5.41, 5.74) is 7.37. The average molecular weight is 393 g/mol. The lowest BCUT2D eigenvalue weighted by Gasteiger charge is -2.09. The Kier molecular flexibility index (Phi) is 4.73. The molecule has 0 saturated heterocycles. The third-order valence-electron chi connectivity index (χ3n) is 4.21. The van der Waals surface area contributed by atoms with E-state index in [2.05, 4.69) is 25.5 Å². The average Bonchev–Trinajstić information content (AvgIpc) is 3.11. The molecule has 4 rings (SSSR count). The van der Waals surface area contributed by atoms with Crippen molar-refractivity contribution in [1.82, 2.24) is 24.7 Å². The summed E-state index contributed by atoms with van der Waals surface area (Å²) in [5, 5.41) is 11.1. The summed E-state index contributed by atoms with van der Waals surface area (Å²) in [7, 11) is 1.45. The number of anilines is 1. The molecule has 29 heavy (non-hydrogen) atoms. The van der Waals surface area contributed by atoms with E-state index in [0.29, 0.717) is 23.4 Å². The number of halogens is 1. The van der Waals surface area contributed by atoms with E-state index in [9.17, 15) is 9.18 Å². The monoisotopic (exact) mass is 393 g/mol. The summed E-state index contributed by atoms with van der Waals surface area (Å²) in [5.74, 6) is -0.303. The highest BCUT2D eigenvalue weighted by molar-refractivity contribution is 6.04. The molecule has 3 N–H and O–H groups in total. The number of ether oxygens (including phenoxy) is 1. The fourth-order valence-electron chi connectivity index (χ4n) is 2.92. The zero-order chi connectivity index (χ0) is 20.4. The van der Waals surface area contributed by atoms with Crippen molar-refractivity contribution in [2.45, 2.75) is 6.54 Å². The molecule has 146 valence electrons. The zero-order valence-corrected chi connectivity index (χ0v) is 15.3. The summed E-state index contributed by atoms with van der Waals surface area (Å²) in [4.78, 5) is 20.5. The van der Waals surface area contributed by atoms with Crippen LogP contribution in [0.5, 0.6) is 6.01 Å². The molecule has 0 aliphatic rings. The number of benzene rings is 2. The van der Waals surface area contributed by atoms with Crippen molar-refractivity contribution in [1.29, 1.82) is 0 Å². The molecular formula is C19H16FN7O2. The largest absolute Gasteiger partial charge is 0.468 e. The van der Waals surface area contributed by atoms with E-state index >= 15 is 0 Å². The first-order valence-electron chi connectivity index (χ1n) is 8.60. The van der Waals surface area contributed by atoms with Crippen molar-refractivity contribution in [2.75, 3.05) is 12.4 Å².